The molecule has 3 unspecified atom stereocenters. The van der Waals surface area contributed by atoms with Crippen LogP contribution in [0.25, 0.3) is 0 Å². The molecule has 3 atom stereocenters. The number of carbonyl (C=O) groups is 2. The molecule has 2 fully saturated rings. The minimum absolute atomic E-state index is 0. The first-order valence-corrected chi connectivity index (χ1v) is 8.91. The van der Waals surface area contributed by atoms with Crippen LogP contribution in [-0.2, 0) is 4.79 Å². The summed E-state index contributed by atoms with van der Waals surface area (Å²) in [5.41, 5.74) is -0.106. The number of rotatable bonds is 3. The second-order valence-corrected chi connectivity index (χ2v) is 7.25. The van der Waals surface area contributed by atoms with Crippen molar-refractivity contribution in [2.75, 3.05) is 19.6 Å². The summed E-state index contributed by atoms with van der Waals surface area (Å²) < 4.78 is 0. The van der Waals surface area contributed by atoms with E-state index >= 15 is 0 Å². The Morgan fingerprint density at radius 2 is 2.00 bits per heavy atom. The van der Waals surface area contributed by atoms with Crippen molar-refractivity contribution in [3.05, 3.63) is 35.9 Å². The maximum Gasteiger partial charge on any atom is 0.254 e. The van der Waals surface area contributed by atoms with Crippen molar-refractivity contribution in [3.63, 3.8) is 0 Å². The second-order valence-electron chi connectivity index (χ2n) is 7.25. The zero-order valence-electron chi connectivity index (χ0n) is 15.0. The number of halogens is 1. The van der Waals surface area contributed by atoms with E-state index in [2.05, 4.69) is 17.6 Å². The van der Waals surface area contributed by atoms with Crippen LogP contribution in [0.5, 0.6) is 0 Å². The molecule has 6 heteroatoms. The highest BCUT2D eigenvalue weighted by molar-refractivity contribution is 5.99. The van der Waals surface area contributed by atoms with Gasteiger partial charge in [0.2, 0.25) is 5.91 Å². The molecule has 3 rings (SSSR count). The first kappa shape index (κ1) is 19.7. The van der Waals surface area contributed by atoms with Gasteiger partial charge in [0.25, 0.3) is 5.91 Å². The number of nitrogens with zero attached hydrogens (tertiary/aromatic N) is 1. The summed E-state index contributed by atoms with van der Waals surface area (Å²) in [6, 6.07) is 9.42. The van der Waals surface area contributed by atoms with Crippen LogP contribution in [0.1, 0.15) is 43.5 Å². The van der Waals surface area contributed by atoms with Gasteiger partial charge in [-0.2, -0.15) is 0 Å². The average molecular weight is 366 g/mol. The van der Waals surface area contributed by atoms with E-state index in [0.29, 0.717) is 18.0 Å². The third kappa shape index (κ3) is 3.98. The predicted molar refractivity (Wildman–Crippen MR) is 101 cm³/mol. The average Bonchev–Trinajstić information content (AvgIpc) is 3.00. The van der Waals surface area contributed by atoms with Crippen molar-refractivity contribution >= 4 is 24.2 Å². The van der Waals surface area contributed by atoms with E-state index in [9.17, 15) is 9.59 Å². The third-order valence-corrected chi connectivity index (χ3v) is 5.50. The Balaban J connectivity index is 0.00000225. The smallest absolute Gasteiger partial charge is 0.254 e. The van der Waals surface area contributed by atoms with Gasteiger partial charge >= 0.3 is 0 Å². The molecule has 1 aromatic rings. The first-order chi connectivity index (χ1) is 11.5. The number of piperidine rings is 1. The van der Waals surface area contributed by atoms with Crippen LogP contribution in [0.15, 0.2) is 30.3 Å². The van der Waals surface area contributed by atoms with E-state index in [1.807, 2.05) is 37.3 Å². The lowest BCUT2D eigenvalue weighted by molar-refractivity contribution is -0.131. The van der Waals surface area contributed by atoms with E-state index in [1.54, 1.807) is 4.90 Å². The largest absolute Gasteiger partial charge is 0.351 e. The molecule has 25 heavy (non-hydrogen) atoms. The second kappa shape index (κ2) is 8.19. The molecular weight excluding hydrogens is 338 g/mol. The summed E-state index contributed by atoms with van der Waals surface area (Å²) in [5, 5.41) is 6.56. The molecule has 0 aromatic heterocycles. The van der Waals surface area contributed by atoms with Crippen molar-refractivity contribution in [2.24, 2.45) is 5.92 Å². The molecule has 2 N–H and O–H groups in total. The van der Waals surface area contributed by atoms with Crippen molar-refractivity contribution in [3.8, 4) is 0 Å². The van der Waals surface area contributed by atoms with Crippen molar-refractivity contribution in [1.29, 1.82) is 0 Å². The number of benzene rings is 1. The van der Waals surface area contributed by atoms with E-state index < -0.39 is 5.54 Å². The van der Waals surface area contributed by atoms with Gasteiger partial charge in [-0.3, -0.25) is 9.59 Å². The maximum atomic E-state index is 13.0. The Morgan fingerprint density at radius 1 is 1.28 bits per heavy atom. The van der Waals surface area contributed by atoms with Gasteiger partial charge in [-0.05, 0) is 57.3 Å². The van der Waals surface area contributed by atoms with Crippen LogP contribution in [0.3, 0.4) is 0 Å². The van der Waals surface area contributed by atoms with E-state index in [1.165, 1.54) is 0 Å². The van der Waals surface area contributed by atoms with Gasteiger partial charge in [0.1, 0.15) is 5.54 Å². The zero-order valence-corrected chi connectivity index (χ0v) is 15.8. The SMILES string of the molecule is CC1CNCCC1NC(=O)C1(C)CCCN1C(=O)c1ccccc1.Cl. The molecule has 2 aliphatic rings. The maximum absolute atomic E-state index is 13.0. The molecule has 138 valence electrons. The van der Waals surface area contributed by atoms with Crippen LogP contribution >= 0.6 is 12.4 Å². The fraction of sp³-hybridized carbons (Fsp3) is 0.579. The molecule has 0 bridgehead atoms. The highest BCUT2D eigenvalue weighted by atomic mass is 35.5. The van der Waals surface area contributed by atoms with Gasteiger partial charge < -0.3 is 15.5 Å². The van der Waals surface area contributed by atoms with Gasteiger partial charge in [0.05, 0.1) is 0 Å². The molecule has 2 heterocycles. The fourth-order valence-electron chi connectivity index (χ4n) is 3.81. The third-order valence-electron chi connectivity index (χ3n) is 5.50. The molecule has 2 aliphatic heterocycles. The molecule has 1 aromatic carbocycles. The van der Waals surface area contributed by atoms with E-state index in [0.717, 1.165) is 32.4 Å². The molecule has 0 aliphatic carbocycles. The van der Waals surface area contributed by atoms with Crippen LogP contribution < -0.4 is 10.6 Å². The summed E-state index contributed by atoms with van der Waals surface area (Å²) in [6.45, 7) is 6.55. The van der Waals surface area contributed by atoms with Crippen molar-refractivity contribution < 1.29 is 9.59 Å². The zero-order chi connectivity index (χ0) is 17.2. The number of carbonyl (C=O) groups excluding carboxylic acids is 2. The number of hydrogen-bond donors (Lipinski definition) is 2. The van der Waals surface area contributed by atoms with Crippen LogP contribution in [0.2, 0.25) is 0 Å². The molecular formula is C19H28ClN3O2. The summed E-state index contributed by atoms with van der Waals surface area (Å²) in [6.07, 6.45) is 2.52. The molecule has 0 saturated carbocycles. The highest BCUT2D eigenvalue weighted by Crippen LogP contribution is 2.31. The van der Waals surface area contributed by atoms with E-state index in [-0.39, 0.29) is 30.3 Å². The fourth-order valence-corrected chi connectivity index (χ4v) is 3.81. The topological polar surface area (TPSA) is 61.4 Å². The quantitative estimate of drug-likeness (QED) is 0.863. The molecule has 5 nitrogen and oxygen atoms in total. The van der Waals surface area contributed by atoms with Gasteiger partial charge in [-0.25, -0.2) is 0 Å². The molecule has 2 amide bonds. The van der Waals surface area contributed by atoms with Crippen molar-refractivity contribution in [2.45, 2.75) is 44.7 Å². The van der Waals surface area contributed by atoms with Crippen LogP contribution in [0.4, 0.5) is 0 Å². The Hall–Kier alpha value is -1.59. The van der Waals surface area contributed by atoms with Crippen molar-refractivity contribution in [1.82, 2.24) is 15.5 Å². The van der Waals surface area contributed by atoms with Gasteiger partial charge in [0.15, 0.2) is 0 Å². The molecule has 2 saturated heterocycles. The molecule has 0 radical (unpaired) electrons. The minimum Gasteiger partial charge on any atom is -0.351 e. The van der Waals surface area contributed by atoms with Gasteiger partial charge in [-0.15, -0.1) is 12.4 Å². The predicted octanol–water partition coefficient (Wildman–Crippen LogP) is 2.22. The standard InChI is InChI=1S/C19H27N3O2.ClH/c1-14-13-20-11-9-16(14)21-18(24)19(2)10-6-12-22(19)17(23)15-7-4-3-5-8-15;/h3-5,7-8,14,16,20H,6,9-13H2,1-2H3,(H,21,24);1H. The summed E-state index contributed by atoms with van der Waals surface area (Å²) >= 11 is 0. The molecule has 0 spiro atoms. The monoisotopic (exact) mass is 365 g/mol. The Bertz CT molecular complexity index is 610. The van der Waals surface area contributed by atoms with E-state index in [4.69, 9.17) is 0 Å². The Labute approximate surface area is 155 Å². The first-order valence-electron chi connectivity index (χ1n) is 8.91. The number of amides is 2. The van der Waals surface area contributed by atoms with Gasteiger partial charge in [-0.1, -0.05) is 25.1 Å². The van der Waals surface area contributed by atoms with Crippen LogP contribution in [0, 0.1) is 5.92 Å². The summed E-state index contributed by atoms with van der Waals surface area (Å²) in [4.78, 5) is 27.6. The highest BCUT2D eigenvalue weighted by Gasteiger charge is 2.46. The normalized spacial score (nSPS) is 29.0. The lowest BCUT2D eigenvalue weighted by atomic mass is 9.92. The Kier molecular flexibility index (Phi) is 6.47. The lowest BCUT2D eigenvalue weighted by Gasteiger charge is -2.37. The number of nitrogens with one attached hydrogen (secondary N) is 2. The minimum atomic E-state index is -0.752. The van der Waals surface area contributed by atoms with Crippen LogP contribution in [-0.4, -0.2) is 47.9 Å². The lowest BCUT2D eigenvalue weighted by Crippen LogP contribution is -2.59. The summed E-state index contributed by atoms with van der Waals surface area (Å²) in [7, 11) is 0. The number of hydrogen-bond acceptors (Lipinski definition) is 3. The Morgan fingerprint density at radius 3 is 2.68 bits per heavy atom. The number of likely N-dealkylation sites (tertiary alicyclic amines) is 1. The van der Waals surface area contributed by atoms with Gasteiger partial charge in [0, 0.05) is 18.2 Å². The summed E-state index contributed by atoms with van der Waals surface area (Å²) in [5.74, 6) is 0.345.